The van der Waals surface area contributed by atoms with Gasteiger partial charge in [0.05, 0.1) is 5.69 Å². The summed E-state index contributed by atoms with van der Waals surface area (Å²) < 4.78 is 0. The van der Waals surface area contributed by atoms with Crippen LogP contribution in [0.1, 0.15) is 124 Å². The van der Waals surface area contributed by atoms with Crippen molar-refractivity contribution in [2.45, 2.75) is 130 Å². The van der Waals surface area contributed by atoms with Gasteiger partial charge < -0.3 is 10.4 Å². The van der Waals surface area contributed by atoms with E-state index in [1.54, 1.807) is 13.8 Å². The number of imide groups is 2. The monoisotopic (exact) mass is 613 g/mol. The fourth-order valence-electron chi connectivity index (χ4n) is 4.55. The summed E-state index contributed by atoms with van der Waals surface area (Å²) in [5.41, 5.74) is 0.238. The third-order valence-corrected chi connectivity index (χ3v) is 7.16. The van der Waals surface area contributed by atoms with Gasteiger partial charge in [0.25, 0.3) is 5.91 Å². The van der Waals surface area contributed by atoms with Crippen LogP contribution in [0.15, 0.2) is 18.2 Å². The minimum absolute atomic E-state index is 0.143. The van der Waals surface area contributed by atoms with Crippen molar-refractivity contribution in [1.29, 1.82) is 0 Å². The van der Waals surface area contributed by atoms with Crippen LogP contribution in [0.2, 0.25) is 10.0 Å². The number of halogens is 2. The van der Waals surface area contributed by atoms with Crippen LogP contribution in [0, 0.1) is 0 Å². The molecule has 1 aromatic rings. The highest BCUT2D eigenvalue weighted by atomic mass is 35.5. The van der Waals surface area contributed by atoms with Crippen molar-refractivity contribution >= 4 is 52.8 Å². The molecule has 10 heteroatoms. The fraction of sp³-hybridized carbons (Fsp3) is 0.677. The van der Waals surface area contributed by atoms with E-state index >= 15 is 0 Å². The molecule has 0 radical (unpaired) electrons. The van der Waals surface area contributed by atoms with E-state index in [-0.39, 0.29) is 18.3 Å². The number of nitrogens with zero attached hydrogens (tertiary/aromatic N) is 2. The molecule has 232 valence electrons. The number of aliphatic carboxylic acids is 1. The second-order valence-electron chi connectivity index (χ2n) is 10.9. The van der Waals surface area contributed by atoms with Crippen LogP contribution in [0.3, 0.4) is 0 Å². The molecule has 1 aromatic carbocycles. The van der Waals surface area contributed by atoms with Crippen LogP contribution in [0.25, 0.3) is 0 Å². The number of hydrogen-bond donors (Lipinski definition) is 2. The fourth-order valence-corrected chi connectivity index (χ4v) is 5.07. The minimum Gasteiger partial charge on any atom is -0.481 e. The maximum Gasteiger partial charge on any atom is 0.340 e. The summed E-state index contributed by atoms with van der Waals surface area (Å²) >= 11 is 11.7. The first-order valence-electron chi connectivity index (χ1n) is 15.2. The number of carboxylic acid groups (broad SMARTS) is 1. The topological polar surface area (TPSA) is 107 Å². The first-order valence-corrected chi connectivity index (χ1v) is 15.9. The Balaban J connectivity index is 0.000000411. The number of carboxylic acids is 1. The van der Waals surface area contributed by atoms with E-state index in [4.69, 9.17) is 28.3 Å². The molecule has 1 heterocycles. The Bertz CT molecular complexity index is 937. The molecular formula is C31H49Cl2N3O5. The number of hydrogen-bond acceptors (Lipinski definition) is 4. The molecule has 0 saturated carbocycles. The summed E-state index contributed by atoms with van der Waals surface area (Å²) in [5.74, 6) is -1.17. The minimum atomic E-state index is -0.725. The summed E-state index contributed by atoms with van der Waals surface area (Å²) in [5, 5.41) is 11.7. The van der Waals surface area contributed by atoms with Crippen LogP contribution in [-0.4, -0.2) is 46.5 Å². The van der Waals surface area contributed by atoms with Gasteiger partial charge in [-0.3, -0.25) is 9.59 Å². The zero-order valence-corrected chi connectivity index (χ0v) is 26.6. The van der Waals surface area contributed by atoms with Crippen molar-refractivity contribution in [2.75, 3.05) is 11.4 Å². The zero-order chi connectivity index (χ0) is 30.6. The van der Waals surface area contributed by atoms with Crippen molar-refractivity contribution < 1.29 is 24.3 Å². The van der Waals surface area contributed by atoms with Gasteiger partial charge in [-0.15, -0.1) is 0 Å². The van der Waals surface area contributed by atoms with Crippen molar-refractivity contribution in [3.05, 3.63) is 28.2 Å². The van der Waals surface area contributed by atoms with E-state index < -0.39 is 23.9 Å². The Morgan fingerprint density at radius 3 is 1.66 bits per heavy atom. The molecule has 0 unspecified atom stereocenters. The Kier molecular flexibility index (Phi) is 19.2. The number of unbranched alkanes of at least 4 members (excludes halogenated alkanes) is 14. The van der Waals surface area contributed by atoms with Gasteiger partial charge in [0, 0.05) is 22.5 Å². The summed E-state index contributed by atoms with van der Waals surface area (Å²) in [7, 11) is 0. The number of rotatable bonds is 18. The summed E-state index contributed by atoms with van der Waals surface area (Å²) in [6, 6.07) is 2.88. The van der Waals surface area contributed by atoms with Gasteiger partial charge in [-0.25, -0.2) is 19.4 Å². The van der Waals surface area contributed by atoms with Crippen molar-refractivity contribution in [3.63, 3.8) is 0 Å². The summed E-state index contributed by atoms with van der Waals surface area (Å²) in [6.07, 6.45) is 20.2. The number of benzene rings is 1. The lowest BCUT2D eigenvalue weighted by atomic mass is 10.0. The second-order valence-corrected chi connectivity index (χ2v) is 11.8. The Morgan fingerprint density at radius 2 is 1.24 bits per heavy atom. The van der Waals surface area contributed by atoms with E-state index in [1.807, 2.05) is 0 Å². The summed E-state index contributed by atoms with van der Waals surface area (Å²) in [6.45, 7) is 5.47. The normalized spacial score (nSPS) is 13.0. The van der Waals surface area contributed by atoms with E-state index in [1.165, 1.54) is 102 Å². The van der Waals surface area contributed by atoms with Gasteiger partial charge in [0.15, 0.2) is 0 Å². The van der Waals surface area contributed by atoms with Gasteiger partial charge in [-0.05, 0) is 38.5 Å². The van der Waals surface area contributed by atoms with Gasteiger partial charge >= 0.3 is 18.0 Å². The number of nitrogens with one attached hydrogen (secondary N) is 1. The SMILES string of the molecule is CC(C)NC(=O)N1CC(=O)N(c2cc(Cl)cc(Cl)c2)C1=O.CCCCCCCCCCCCCCCCCC(=O)O. The molecule has 0 spiro atoms. The predicted octanol–water partition coefficient (Wildman–Crippen LogP) is 9.21. The lowest BCUT2D eigenvalue weighted by molar-refractivity contribution is -0.137. The zero-order valence-electron chi connectivity index (χ0n) is 25.1. The predicted molar refractivity (Wildman–Crippen MR) is 167 cm³/mol. The van der Waals surface area contributed by atoms with Gasteiger partial charge in [-0.2, -0.15) is 0 Å². The average Bonchev–Trinajstić information content (AvgIpc) is 3.19. The van der Waals surface area contributed by atoms with Gasteiger partial charge in [0.2, 0.25) is 0 Å². The second kappa shape index (κ2) is 21.4. The highest BCUT2D eigenvalue weighted by molar-refractivity contribution is 6.35. The number of carbonyl (C=O) groups is 4. The third-order valence-electron chi connectivity index (χ3n) is 6.72. The van der Waals surface area contributed by atoms with Crippen molar-refractivity contribution in [2.24, 2.45) is 0 Å². The molecule has 2 rings (SSSR count). The number of amides is 5. The molecule has 1 aliphatic heterocycles. The average molecular weight is 615 g/mol. The number of carbonyl (C=O) groups excluding carboxylic acids is 3. The van der Waals surface area contributed by atoms with E-state index in [9.17, 15) is 19.2 Å². The first kappa shape index (κ1) is 36.7. The highest BCUT2D eigenvalue weighted by Crippen LogP contribution is 2.28. The molecule has 0 atom stereocenters. The smallest absolute Gasteiger partial charge is 0.340 e. The first-order chi connectivity index (χ1) is 19.6. The largest absolute Gasteiger partial charge is 0.481 e. The Hall–Kier alpha value is -2.32. The van der Waals surface area contributed by atoms with E-state index in [2.05, 4.69) is 12.2 Å². The summed E-state index contributed by atoms with van der Waals surface area (Å²) in [4.78, 5) is 48.2. The number of urea groups is 2. The molecule has 0 aromatic heterocycles. The van der Waals surface area contributed by atoms with Crippen molar-refractivity contribution in [3.8, 4) is 0 Å². The molecular weight excluding hydrogens is 565 g/mol. The molecule has 1 saturated heterocycles. The Morgan fingerprint density at radius 1 is 0.805 bits per heavy atom. The molecule has 8 nitrogen and oxygen atoms in total. The molecule has 1 fully saturated rings. The van der Waals surface area contributed by atoms with Gasteiger partial charge in [-0.1, -0.05) is 120 Å². The van der Waals surface area contributed by atoms with Crippen molar-refractivity contribution in [1.82, 2.24) is 10.2 Å². The third kappa shape index (κ3) is 16.0. The Labute approximate surface area is 256 Å². The molecule has 41 heavy (non-hydrogen) atoms. The molecule has 0 bridgehead atoms. The van der Waals surface area contributed by atoms with E-state index in [0.29, 0.717) is 16.5 Å². The lowest BCUT2D eigenvalue weighted by Crippen LogP contribution is -2.45. The maximum absolute atomic E-state index is 12.2. The molecule has 5 amide bonds. The van der Waals surface area contributed by atoms with Crippen LogP contribution >= 0.6 is 23.2 Å². The van der Waals surface area contributed by atoms with Crippen LogP contribution in [-0.2, 0) is 9.59 Å². The maximum atomic E-state index is 12.2. The van der Waals surface area contributed by atoms with Crippen LogP contribution in [0.4, 0.5) is 15.3 Å². The number of anilines is 1. The van der Waals surface area contributed by atoms with Crippen LogP contribution < -0.4 is 10.2 Å². The highest BCUT2D eigenvalue weighted by Gasteiger charge is 2.41. The lowest BCUT2D eigenvalue weighted by Gasteiger charge is -2.18. The van der Waals surface area contributed by atoms with E-state index in [0.717, 1.165) is 22.6 Å². The molecule has 2 N–H and O–H groups in total. The standard InChI is InChI=1S/C18H36O2.C13H13Cl2N3O3/c1-2-3-4-5-6-7-8-9-10-11-12-13-14-15-16-17-18(19)20;1-7(2)16-12(20)17-6-11(19)18(13(17)21)10-4-8(14)3-9(15)5-10/h2-17H2,1H3,(H,19,20);3-5,7H,6H2,1-2H3,(H,16,20). The molecule has 0 aliphatic carbocycles. The quantitative estimate of drug-likeness (QED) is 0.127. The molecule has 1 aliphatic rings. The van der Waals surface area contributed by atoms with Gasteiger partial charge in [0.1, 0.15) is 6.54 Å². The van der Waals surface area contributed by atoms with Crippen LogP contribution in [0.5, 0.6) is 0 Å².